The second kappa shape index (κ2) is 8.93. The van der Waals surface area contributed by atoms with Gasteiger partial charge in [-0.3, -0.25) is 0 Å². The lowest BCUT2D eigenvalue weighted by Gasteiger charge is -2.15. The number of hydrogen-bond donors (Lipinski definition) is 1. The van der Waals surface area contributed by atoms with Crippen LogP contribution in [0, 0.1) is 5.92 Å². The normalized spacial score (nSPS) is 19.6. The minimum absolute atomic E-state index is 0.200. The number of aryl methyl sites for hydroxylation is 1. The molecule has 0 aromatic heterocycles. The van der Waals surface area contributed by atoms with Crippen LogP contribution in [0.3, 0.4) is 0 Å². The summed E-state index contributed by atoms with van der Waals surface area (Å²) in [5.74, 6) is 1.47. The predicted molar refractivity (Wildman–Crippen MR) is 96.8 cm³/mol. The van der Waals surface area contributed by atoms with Gasteiger partial charge in [-0.05, 0) is 74.6 Å². The summed E-state index contributed by atoms with van der Waals surface area (Å²) < 4.78 is 5.26. The lowest BCUT2D eigenvalue weighted by molar-refractivity contribution is 0.205. The zero-order chi connectivity index (χ0) is 16.7. The first-order chi connectivity index (χ1) is 11.1. The van der Waals surface area contributed by atoms with Gasteiger partial charge >= 0.3 is 0 Å². The van der Waals surface area contributed by atoms with E-state index in [2.05, 4.69) is 38.1 Å². The molecule has 0 bridgehead atoms. The van der Waals surface area contributed by atoms with Crippen molar-refractivity contribution in [2.75, 3.05) is 7.11 Å². The molecule has 0 radical (unpaired) electrons. The number of rotatable bonds is 8. The molecule has 1 aromatic carbocycles. The Morgan fingerprint density at radius 1 is 1.39 bits per heavy atom. The van der Waals surface area contributed by atoms with Gasteiger partial charge in [-0.25, -0.2) is 0 Å². The summed E-state index contributed by atoms with van der Waals surface area (Å²) in [5, 5.41) is 10.1. The Kier molecular flexibility index (Phi) is 6.91. The molecular weight excluding hydrogens is 284 g/mol. The lowest BCUT2D eigenvalue weighted by Crippen LogP contribution is -2.09. The number of hydrogen-bond acceptors (Lipinski definition) is 2. The van der Waals surface area contributed by atoms with E-state index >= 15 is 0 Å². The first kappa shape index (κ1) is 17.8. The molecule has 0 amide bonds. The van der Waals surface area contributed by atoms with Gasteiger partial charge in [0.25, 0.3) is 0 Å². The summed E-state index contributed by atoms with van der Waals surface area (Å²) >= 11 is 0. The van der Waals surface area contributed by atoms with Crippen LogP contribution in [0.2, 0.25) is 0 Å². The first-order valence-electron chi connectivity index (χ1n) is 8.80. The fourth-order valence-corrected chi connectivity index (χ4v) is 3.28. The third-order valence-electron chi connectivity index (χ3n) is 4.89. The highest BCUT2D eigenvalue weighted by atomic mass is 16.5. The fraction of sp³-hybridized carbons (Fsp3) is 0.524. The molecule has 23 heavy (non-hydrogen) atoms. The molecule has 126 valence electrons. The molecule has 2 heteroatoms. The maximum absolute atomic E-state index is 10.1. The molecule has 0 fully saturated rings. The standard InChI is InChI=1S/C21H30O2/c1-4-17(15-20-16(2)12-13-21(20)22)8-5-6-9-18-10-7-11-19(14-18)23-3/h5,7-8,10-11,14,17,21-22H,4,6,9,12-13,15H2,1-3H3/b8-5+. The smallest absolute Gasteiger partial charge is 0.119 e. The second-order valence-corrected chi connectivity index (χ2v) is 6.55. The Hall–Kier alpha value is -1.54. The molecule has 2 atom stereocenters. The SMILES string of the molecule is CCC(/C=C/CCc1cccc(OC)c1)CC1=C(C)CCC1O. The highest BCUT2D eigenvalue weighted by Crippen LogP contribution is 2.32. The minimum Gasteiger partial charge on any atom is -0.497 e. The highest BCUT2D eigenvalue weighted by Gasteiger charge is 2.22. The van der Waals surface area contributed by atoms with E-state index < -0.39 is 0 Å². The summed E-state index contributed by atoms with van der Waals surface area (Å²) in [6.45, 7) is 4.40. The van der Waals surface area contributed by atoms with Crippen LogP contribution in [0.5, 0.6) is 5.75 Å². The zero-order valence-corrected chi connectivity index (χ0v) is 14.7. The van der Waals surface area contributed by atoms with Gasteiger partial charge in [-0.1, -0.05) is 36.8 Å². The Morgan fingerprint density at radius 2 is 2.22 bits per heavy atom. The van der Waals surface area contributed by atoms with Gasteiger partial charge in [0.2, 0.25) is 0 Å². The van der Waals surface area contributed by atoms with E-state index in [1.165, 1.54) is 16.7 Å². The molecule has 1 aliphatic carbocycles. The van der Waals surface area contributed by atoms with Crippen LogP contribution in [-0.2, 0) is 6.42 Å². The van der Waals surface area contributed by atoms with E-state index in [1.54, 1.807) is 7.11 Å². The van der Waals surface area contributed by atoms with Crippen molar-refractivity contribution in [1.82, 2.24) is 0 Å². The third-order valence-corrected chi connectivity index (χ3v) is 4.89. The number of allylic oxidation sites excluding steroid dienone is 3. The van der Waals surface area contributed by atoms with Crippen molar-refractivity contribution in [2.24, 2.45) is 5.92 Å². The second-order valence-electron chi connectivity index (χ2n) is 6.55. The zero-order valence-electron chi connectivity index (χ0n) is 14.7. The van der Waals surface area contributed by atoms with Gasteiger partial charge in [0.1, 0.15) is 5.75 Å². The monoisotopic (exact) mass is 314 g/mol. The molecule has 1 N–H and O–H groups in total. The van der Waals surface area contributed by atoms with E-state index in [1.807, 2.05) is 12.1 Å². The average molecular weight is 314 g/mol. The van der Waals surface area contributed by atoms with E-state index in [-0.39, 0.29) is 6.10 Å². The summed E-state index contributed by atoms with van der Waals surface area (Å²) in [7, 11) is 1.71. The van der Waals surface area contributed by atoms with Gasteiger partial charge in [0.15, 0.2) is 0 Å². The molecule has 0 saturated heterocycles. The van der Waals surface area contributed by atoms with Crippen LogP contribution >= 0.6 is 0 Å². The molecule has 1 aromatic rings. The van der Waals surface area contributed by atoms with Gasteiger partial charge in [0.05, 0.1) is 13.2 Å². The van der Waals surface area contributed by atoms with Crippen LogP contribution in [0.4, 0.5) is 0 Å². The van der Waals surface area contributed by atoms with Crippen molar-refractivity contribution in [2.45, 2.75) is 58.5 Å². The summed E-state index contributed by atoms with van der Waals surface area (Å²) in [5.41, 5.74) is 4.00. The molecule has 2 unspecified atom stereocenters. The molecule has 0 heterocycles. The maximum Gasteiger partial charge on any atom is 0.119 e. The Labute approximate surface area is 140 Å². The molecule has 1 aliphatic rings. The largest absolute Gasteiger partial charge is 0.497 e. The number of ether oxygens (including phenoxy) is 1. The van der Waals surface area contributed by atoms with Crippen LogP contribution in [0.25, 0.3) is 0 Å². The molecule has 0 saturated carbocycles. The van der Waals surface area contributed by atoms with Crippen molar-refractivity contribution >= 4 is 0 Å². The number of benzene rings is 1. The predicted octanol–water partition coefficient (Wildman–Crippen LogP) is 5.07. The van der Waals surface area contributed by atoms with E-state index in [0.717, 1.165) is 44.3 Å². The number of methoxy groups -OCH3 is 1. The Morgan fingerprint density at radius 3 is 2.87 bits per heavy atom. The summed E-state index contributed by atoms with van der Waals surface area (Å²) in [6.07, 6.45) is 10.6. The Balaban J connectivity index is 1.84. The minimum atomic E-state index is -0.200. The number of aliphatic hydroxyl groups is 1. The molecular formula is C21H30O2. The van der Waals surface area contributed by atoms with Crippen LogP contribution in [-0.4, -0.2) is 18.3 Å². The first-order valence-corrected chi connectivity index (χ1v) is 8.80. The molecule has 2 rings (SSSR count). The summed E-state index contributed by atoms with van der Waals surface area (Å²) in [4.78, 5) is 0. The van der Waals surface area contributed by atoms with Crippen LogP contribution in [0.1, 0.15) is 51.5 Å². The molecule has 2 nitrogen and oxygen atoms in total. The molecule has 0 spiro atoms. The van der Waals surface area contributed by atoms with Crippen LogP contribution in [0.15, 0.2) is 47.6 Å². The third kappa shape index (κ3) is 5.24. The average Bonchev–Trinajstić information content (AvgIpc) is 2.89. The highest BCUT2D eigenvalue weighted by molar-refractivity contribution is 5.28. The fourth-order valence-electron chi connectivity index (χ4n) is 3.28. The number of aliphatic hydroxyl groups excluding tert-OH is 1. The molecule has 0 aliphatic heterocycles. The summed E-state index contributed by atoms with van der Waals surface area (Å²) in [6, 6.07) is 8.28. The van der Waals surface area contributed by atoms with Gasteiger partial charge in [0, 0.05) is 0 Å². The van der Waals surface area contributed by atoms with E-state index in [0.29, 0.717) is 5.92 Å². The topological polar surface area (TPSA) is 29.5 Å². The van der Waals surface area contributed by atoms with Crippen molar-refractivity contribution in [3.8, 4) is 5.75 Å². The van der Waals surface area contributed by atoms with Crippen molar-refractivity contribution in [3.05, 3.63) is 53.1 Å². The van der Waals surface area contributed by atoms with E-state index in [9.17, 15) is 5.11 Å². The van der Waals surface area contributed by atoms with Gasteiger partial charge in [-0.15, -0.1) is 0 Å². The van der Waals surface area contributed by atoms with Crippen molar-refractivity contribution in [1.29, 1.82) is 0 Å². The lowest BCUT2D eigenvalue weighted by atomic mass is 9.93. The van der Waals surface area contributed by atoms with Gasteiger partial charge in [-0.2, -0.15) is 0 Å². The quantitative estimate of drug-likeness (QED) is 0.679. The van der Waals surface area contributed by atoms with E-state index in [4.69, 9.17) is 4.74 Å². The maximum atomic E-state index is 10.1. The van der Waals surface area contributed by atoms with Gasteiger partial charge < -0.3 is 9.84 Å². The van der Waals surface area contributed by atoms with Crippen molar-refractivity contribution < 1.29 is 9.84 Å². The van der Waals surface area contributed by atoms with Crippen molar-refractivity contribution in [3.63, 3.8) is 0 Å². The Bertz CT molecular complexity index is 557. The van der Waals surface area contributed by atoms with Crippen LogP contribution < -0.4 is 4.74 Å².